The second-order valence-electron chi connectivity index (χ2n) is 6.78. The molecule has 3 rings (SSSR count). The quantitative estimate of drug-likeness (QED) is 0.743. The molecule has 0 N–H and O–H groups in total. The molecule has 0 bridgehead atoms. The Labute approximate surface area is 142 Å². The van der Waals surface area contributed by atoms with E-state index in [-0.39, 0.29) is 18.0 Å². The van der Waals surface area contributed by atoms with Crippen molar-refractivity contribution >= 4 is 32.9 Å². The van der Waals surface area contributed by atoms with Gasteiger partial charge in [0.25, 0.3) is 0 Å². The number of ether oxygens (including phenoxy) is 1. The number of aromatic nitrogens is 2. The fourth-order valence-electron chi connectivity index (χ4n) is 2.80. The van der Waals surface area contributed by atoms with Gasteiger partial charge in [-0.05, 0) is 39.3 Å². The van der Waals surface area contributed by atoms with Crippen LogP contribution in [0, 0.1) is 5.82 Å². The van der Waals surface area contributed by atoms with Crippen LogP contribution in [-0.2, 0) is 4.74 Å². The summed E-state index contributed by atoms with van der Waals surface area (Å²) < 4.78 is 21.8. The van der Waals surface area contributed by atoms with Crippen LogP contribution in [0.5, 0.6) is 0 Å². The number of benzene rings is 1. The van der Waals surface area contributed by atoms with E-state index < -0.39 is 5.60 Å². The summed E-state index contributed by atoms with van der Waals surface area (Å²) in [6.45, 7) is 6.66. The zero-order chi connectivity index (χ0) is 16.8. The van der Waals surface area contributed by atoms with E-state index in [1.165, 1.54) is 12.3 Å². The highest BCUT2D eigenvalue weighted by Crippen LogP contribution is 2.29. The fraction of sp³-hybridized carbons (Fsp3) is 0.500. The minimum atomic E-state index is -0.512. The first-order valence-corrected chi connectivity index (χ1v) is 8.34. The minimum absolute atomic E-state index is 0.0220. The van der Waals surface area contributed by atoms with Crippen molar-refractivity contribution < 1.29 is 13.9 Å². The third-order valence-electron chi connectivity index (χ3n) is 3.79. The van der Waals surface area contributed by atoms with Crippen LogP contribution in [0.15, 0.2) is 22.8 Å². The summed E-state index contributed by atoms with van der Waals surface area (Å²) >= 11 is 3.31. The Balaban J connectivity index is 1.81. The molecule has 1 unspecified atom stereocenters. The van der Waals surface area contributed by atoms with Crippen LogP contribution in [0.2, 0.25) is 0 Å². The molecule has 23 heavy (non-hydrogen) atoms. The van der Waals surface area contributed by atoms with Crippen LogP contribution >= 0.6 is 15.9 Å². The zero-order valence-electron chi connectivity index (χ0n) is 13.3. The molecule has 0 spiro atoms. The number of carbonyl (C=O) groups excluding carboxylic acids is 1. The molecular weight excluding hydrogens is 365 g/mol. The lowest BCUT2D eigenvalue weighted by molar-refractivity contribution is 0.0288. The Bertz CT molecular complexity index is 754. The number of hydrogen-bond donors (Lipinski definition) is 0. The molecule has 1 aromatic heterocycles. The lowest BCUT2D eigenvalue weighted by Gasteiger charge is -2.24. The van der Waals surface area contributed by atoms with Gasteiger partial charge in [0.15, 0.2) is 0 Å². The smallest absolute Gasteiger partial charge is 0.410 e. The number of rotatable bonds is 1. The summed E-state index contributed by atoms with van der Waals surface area (Å²) in [5.41, 5.74) is 0.217. The molecule has 1 atom stereocenters. The first-order valence-electron chi connectivity index (χ1n) is 7.55. The number of carbonyl (C=O) groups is 1. The number of fused-ring (bicyclic) bond motifs is 1. The molecule has 1 aliphatic rings. The van der Waals surface area contributed by atoms with Crippen molar-refractivity contribution in [1.29, 1.82) is 0 Å². The number of halogens is 2. The first-order chi connectivity index (χ1) is 10.7. The first kappa shape index (κ1) is 16.2. The second kappa shape index (κ2) is 5.78. The Kier molecular flexibility index (Phi) is 4.08. The van der Waals surface area contributed by atoms with Gasteiger partial charge < -0.3 is 9.64 Å². The predicted octanol–water partition coefficient (Wildman–Crippen LogP) is 4.12. The van der Waals surface area contributed by atoms with Crippen molar-refractivity contribution in [2.24, 2.45) is 0 Å². The van der Waals surface area contributed by atoms with Gasteiger partial charge in [-0.25, -0.2) is 9.18 Å². The molecule has 0 radical (unpaired) electrons. The van der Waals surface area contributed by atoms with Gasteiger partial charge in [0, 0.05) is 17.6 Å². The summed E-state index contributed by atoms with van der Waals surface area (Å²) in [6.07, 6.45) is 1.99. The topological polar surface area (TPSA) is 47.4 Å². The van der Waals surface area contributed by atoms with Gasteiger partial charge in [-0.2, -0.15) is 5.10 Å². The molecule has 1 aliphatic heterocycles. The molecule has 7 heteroatoms. The minimum Gasteiger partial charge on any atom is -0.444 e. The Morgan fingerprint density at radius 3 is 2.87 bits per heavy atom. The van der Waals surface area contributed by atoms with Crippen LogP contribution in [0.3, 0.4) is 0 Å². The molecule has 2 heterocycles. The maximum Gasteiger partial charge on any atom is 0.410 e. The van der Waals surface area contributed by atoms with Crippen molar-refractivity contribution in [2.45, 2.75) is 38.8 Å². The van der Waals surface area contributed by atoms with Crippen LogP contribution in [0.25, 0.3) is 10.9 Å². The van der Waals surface area contributed by atoms with E-state index in [1.807, 2.05) is 26.8 Å². The van der Waals surface area contributed by atoms with E-state index in [9.17, 15) is 9.18 Å². The molecule has 1 aromatic carbocycles. The Hall–Kier alpha value is -1.63. The lowest BCUT2D eigenvalue weighted by Crippen LogP contribution is -2.35. The predicted molar refractivity (Wildman–Crippen MR) is 88.9 cm³/mol. The standard InChI is InChI=1S/C16H19BrFN3O2/c1-16(2,3)23-15(22)20-5-4-11(9-20)21-14-7-10(17)6-13(18)12(14)8-19-21/h6-8,11H,4-5,9H2,1-3H3. The number of nitrogens with zero attached hydrogens (tertiary/aromatic N) is 3. The van der Waals surface area contributed by atoms with Crippen molar-refractivity contribution in [3.05, 3.63) is 28.6 Å². The van der Waals surface area contributed by atoms with Gasteiger partial charge in [-0.1, -0.05) is 15.9 Å². The van der Waals surface area contributed by atoms with E-state index in [2.05, 4.69) is 21.0 Å². The van der Waals surface area contributed by atoms with E-state index in [0.717, 1.165) is 11.9 Å². The average Bonchev–Trinajstić information content (AvgIpc) is 3.01. The van der Waals surface area contributed by atoms with Crippen molar-refractivity contribution in [3.63, 3.8) is 0 Å². The Morgan fingerprint density at radius 1 is 1.43 bits per heavy atom. The molecule has 124 valence electrons. The van der Waals surface area contributed by atoms with Gasteiger partial charge in [0.1, 0.15) is 11.4 Å². The van der Waals surface area contributed by atoms with E-state index in [1.54, 1.807) is 9.58 Å². The second-order valence-corrected chi connectivity index (χ2v) is 7.69. The van der Waals surface area contributed by atoms with Crippen molar-refractivity contribution in [1.82, 2.24) is 14.7 Å². The summed E-state index contributed by atoms with van der Waals surface area (Å²) in [5.74, 6) is -0.303. The van der Waals surface area contributed by atoms with Crippen LogP contribution in [-0.4, -0.2) is 39.5 Å². The monoisotopic (exact) mass is 383 g/mol. The highest BCUT2D eigenvalue weighted by molar-refractivity contribution is 9.10. The molecular formula is C16H19BrFN3O2. The maximum absolute atomic E-state index is 14.0. The van der Waals surface area contributed by atoms with E-state index in [0.29, 0.717) is 22.9 Å². The van der Waals surface area contributed by atoms with E-state index >= 15 is 0 Å². The van der Waals surface area contributed by atoms with E-state index in [4.69, 9.17) is 4.74 Å². The van der Waals surface area contributed by atoms with Crippen LogP contribution in [0.1, 0.15) is 33.2 Å². The normalized spacial score (nSPS) is 18.7. The molecule has 2 aromatic rings. The van der Waals surface area contributed by atoms with Gasteiger partial charge in [-0.3, -0.25) is 4.68 Å². The van der Waals surface area contributed by atoms with Gasteiger partial charge in [0.2, 0.25) is 0 Å². The number of hydrogen-bond acceptors (Lipinski definition) is 3. The third kappa shape index (κ3) is 3.34. The lowest BCUT2D eigenvalue weighted by atomic mass is 10.2. The third-order valence-corrected chi connectivity index (χ3v) is 4.25. The molecule has 1 saturated heterocycles. The molecule has 0 aliphatic carbocycles. The summed E-state index contributed by atoms with van der Waals surface area (Å²) in [4.78, 5) is 13.8. The van der Waals surface area contributed by atoms with Gasteiger partial charge >= 0.3 is 6.09 Å². The maximum atomic E-state index is 14.0. The zero-order valence-corrected chi connectivity index (χ0v) is 14.9. The molecule has 5 nitrogen and oxygen atoms in total. The molecule has 1 fully saturated rings. The van der Waals surface area contributed by atoms with Gasteiger partial charge in [-0.15, -0.1) is 0 Å². The SMILES string of the molecule is CC(C)(C)OC(=O)N1CCC(n2ncc3c(F)cc(Br)cc32)C1. The fourth-order valence-corrected chi connectivity index (χ4v) is 3.21. The molecule has 0 saturated carbocycles. The van der Waals surface area contributed by atoms with Crippen molar-refractivity contribution in [2.75, 3.05) is 13.1 Å². The summed E-state index contributed by atoms with van der Waals surface area (Å²) in [6, 6.07) is 3.30. The molecule has 1 amide bonds. The van der Waals surface area contributed by atoms with Crippen LogP contribution in [0.4, 0.5) is 9.18 Å². The number of likely N-dealkylation sites (tertiary alicyclic amines) is 1. The average molecular weight is 384 g/mol. The largest absolute Gasteiger partial charge is 0.444 e. The summed E-state index contributed by atoms with van der Waals surface area (Å²) in [5, 5.41) is 4.81. The Morgan fingerprint density at radius 2 is 2.17 bits per heavy atom. The highest BCUT2D eigenvalue weighted by Gasteiger charge is 2.31. The van der Waals surface area contributed by atoms with Gasteiger partial charge in [0.05, 0.1) is 23.1 Å². The highest BCUT2D eigenvalue weighted by atomic mass is 79.9. The summed E-state index contributed by atoms with van der Waals surface area (Å²) in [7, 11) is 0. The van der Waals surface area contributed by atoms with Crippen LogP contribution < -0.4 is 0 Å². The number of amides is 1. The van der Waals surface area contributed by atoms with Crippen molar-refractivity contribution in [3.8, 4) is 0 Å².